The number of Topliss-reactive ketones (excluding diaryl/α,β-unsaturated/α-hetero) is 1. The van der Waals surface area contributed by atoms with E-state index in [4.69, 9.17) is 14.5 Å². The van der Waals surface area contributed by atoms with Crippen LogP contribution in [0, 0.1) is 5.92 Å². The van der Waals surface area contributed by atoms with E-state index < -0.39 is 0 Å². The Balaban J connectivity index is 1.49. The maximum Gasteiger partial charge on any atom is 0.251 e. The summed E-state index contributed by atoms with van der Waals surface area (Å²) in [5.41, 5.74) is 6.01. The zero-order chi connectivity index (χ0) is 27.9. The molecular formula is C34H36N2O4. The molecule has 1 aliphatic carbocycles. The van der Waals surface area contributed by atoms with Gasteiger partial charge in [0.25, 0.3) is 5.91 Å². The summed E-state index contributed by atoms with van der Waals surface area (Å²) in [6.07, 6.45) is 6.16. The molecule has 206 valence electrons. The highest BCUT2D eigenvalue weighted by Gasteiger charge is 2.27. The first kappa shape index (κ1) is 27.5. The third-order valence-corrected chi connectivity index (χ3v) is 7.33. The predicted molar refractivity (Wildman–Crippen MR) is 158 cm³/mol. The number of rotatable bonds is 13. The molecule has 6 nitrogen and oxygen atoms in total. The highest BCUT2D eigenvalue weighted by atomic mass is 16.5. The van der Waals surface area contributed by atoms with Crippen molar-refractivity contribution in [3.05, 3.63) is 95.2 Å². The number of carbonyl (C=O) groups is 2. The lowest BCUT2D eigenvalue weighted by Gasteiger charge is -2.16. The first-order valence-electron chi connectivity index (χ1n) is 14.1. The Bertz CT molecular complexity index is 1480. The molecule has 0 atom stereocenters. The zero-order valence-electron chi connectivity index (χ0n) is 23.2. The van der Waals surface area contributed by atoms with Gasteiger partial charge in [0.1, 0.15) is 5.75 Å². The molecule has 1 saturated carbocycles. The van der Waals surface area contributed by atoms with Crippen LogP contribution < -0.4 is 10.1 Å². The average molecular weight is 537 g/mol. The first-order chi connectivity index (χ1) is 19.6. The topological polar surface area (TPSA) is 77.5 Å². The van der Waals surface area contributed by atoms with E-state index in [1.165, 1.54) is 0 Å². The van der Waals surface area contributed by atoms with E-state index in [-0.39, 0.29) is 11.7 Å². The fraction of sp³-hybridized carbons (Fsp3) is 0.324. The zero-order valence-corrected chi connectivity index (χ0v) is 23.2. The van der Waals surface area contributed by atoms with Crippen LogP contribution in [0.2, 0.25) is 0 Å². The number of aromatic nitrogens is 1. The number of ketones is 1. The van der Waals surface area contributed by atoms with E-state index in [1.807, 2.05) is 48.5 Å². The lowest BCUT2D eigenvalue weighted by Crippen LogP contribution is -2.27. The van der Waals surface area contributed by atoms with Gasteiger partial charge in [-0.25, -0.2) is 0 Å². The van der Waals surface area contributed by atoms with Gasteiger partial charge in [0.2, 0.25) is 0 Å². The van der Waals surface area contributed by atoms with Gasteiger partial charge < -0.3 is 14.8 Å². The average Bonchev–Trinajstić information content (AvgIpc) is 3.81. The van der Waals surface area contributed by atoms with Crippen LogP contribution in [0.3, 0.4) is 0 Å². The highest BCUT2D eigenvalue weighted by molar-refractivity contribution is 6.03. The van der Waals surface area contributed by atoms with E-state index in [0.29, 0.717) is 55.4 Å². The summed E-state index contributed by atoms with van der Waals surface area (Å²) in [4.78, 5) is 30.6. The van der Waals surface area contributed by atoms with Crippen LogP contribution >= 0.6 is 0 Å². The van der Waals surface area contributed by atoms with Gasteiger partial charge in [0.15, 0.2) is 5.78 Å². The van der Waals surface area contributed by atoms with Crippen LogP contribution in [0.5, 0.6) is 5.75 Å². The van der Waals surface area contributed by atoms with Crippen molar-refractivity contribution in [2.75, 3.05) is 26.9 Å². The molecule has 1 N–H and O–H groups in total. The van der Waals surface area contributed by atoms with Crippen molar-refractivity contribution in [3.8, 4) is 16.9 Å². The number of pyridine rings is 1. The summed E-state index contributed by atoms with van der Waals surface area (Å²) < 4.78 is 11.2. The largest absolute Gasteiger partial charge is 0.496 e. The van der Waals surface area contributed by atoms with Crippen molar-refractivity contribution in [2.45, 2.75) is 39.0 Å². The van der Waals surface area contributed by atoms with E-state index >= 15 is 0 Å². The monoisotopic (exact) mass is 536 g/mol. The SMILES string of the molecule is CCCOCCNC(=O)c1ccc(-c2cc3c(Cc4ccccc4)c(C(=O)CC4CC4)cnc3cc2OC)cc1. The molecule has 1 heterocycles. The van der Waals surface area contributed by atoms with Gasteiger partial charge >= 0.3 is 0 Å². The Kier molecular flexibility index (Phi) is 8.87. The van der Waals surface area contributed by atoms with E-state index in [9.17, 15) is 9.59 Å². The molecule has 6 heteroatoms. The van der Waals surface area contributed by atoms with Gasteiger partial charge in [-0.05, 0) is 66.5 Å². The second-order valence-corrected chi connectivity index (χ2v) is 10.4. The Hall–Kier alpha value is -4.03. The Morgan fingerprint density at radius 2 is 1.77 bits per heavy atom. The fourth-order valence-electron chi connectivity index (χ4n) is 4.98. The molecule has 1 fully saturated rings. The number of hydrogen-bond acceptors (Lipinski definition) is 5. The van der Waals surface area contributed by atoms with Gasteiger partial charge in [-0.3, -0.25) is 14.6 Å². The maximum absolute atomic E-state index is 13.3. The molecule has 0 unspecified atom stereocenters. The normalized spacial score (nSPS) is 12.8. The number of benzene rings is 3. The molecule has 1 amide bonds. The van der Waals surface area contributed by atoms with Gasteiger partial charge in [-0.15, -0.1) is 0 Å². The molecular weight excluding hydrogens is 500 g/mol. The van der Waals surface area contributed by atoms with E-state index in [2.05, 4.69) is 30.4 Å². The third-order valence-electron chi connectivity index (χ3n) is 7.33. The van der Waals surface area contributed by atoms with Gasteiger partial charge in [0.05, 0.1) is 19.2 Å². The quantitative estimate of drug-likeness (QED) is 0.153. The third kappa shape index (κ3) is 6.57. The molecule has 0 spiro atoms. The molecule has 40 heavy (non-hydrogen) atoms. The molecule has 4 aromatic rings. The number of methoxy groups -OCH3 is 1. The summed E-state index contributed by atoms with van der Waals surface area (Å²) in [5, 5.41) is 3.84. The fourth-order valence-corrected chi connectivity index (χ4v) is 4.98. The molecule has 1 aliphatic rings. The number of ether oxygens (including phenoxy) is 2. The number of hydrogen-bond donors (Lipinski definition) is 1. The van der Waals surface area contributed by atoms with Crippen molar-refractivity contribution < 1.29 is 19.1 Å². The van der Waals surface area contributed by atoms with Crippen LogP contribution in [0.1, 0.15) is 64.4 Å². The van der Waals surface area contributed by atoms with Crippen molar-refractivity contribution in [3.63, 3.8) is 0 Å². The molecule has 0 aliphatic heterocycles. The minimum absolute atomic E-state index is 0.134. The van der Waals surface area contributed by atoms with Gasteiger partial charge in [0, 0.05) is 53.9 Å². The Morgan fingerprint density at radius 3 is 2.48 bits per heavy atom. The second kappa shape index (κ2) is 12.9. The van der Waals surface area contributed by atoms with E-state index in [1.54, 1.807) is 13.3 Å². The van der Waals surface area contributed by atoms with Crippen molar-refractivity contribution in [1.82, 2.24) is 10.3 Å². The summed E-state index contributed by atoms with van der Waals surface area (Å²) in [7, 11) is 1.64. The molecule has 0 bridgehead atoms. The number of nitrogens with one attached hydrogen (secondary N) is 1. The standard InChI is InChI=1S/C34H36N2O4/c1-3-16-40-17-15-35-34(38)26-13-11-25(12-14-26)27-20-29-28(18-23-7-5-4-6-8-23)30(32(37)19-24-9-10-24)22-36-31(29)21-33(27)39-2/h4-8,11-14,20-22,24H,3,9-10,15-19H2,1-2H3,(H,35,38). The summed E-state index contributed by atoms with van der Waals surface area (Å²) >= 11 is 0. The van der Waals surface area contributed by atoms with Crippen LogP contribution in [-0.2, 0) is 11.2 Å². The minimum Gasteiger partial charge on any atom is -0.496 e. The Labute approximate surface area is 235 Å². The van der Waals surface area contributed by atoms with Gasteiger partial charge in [-0.1, -0.05) is 49.4 Å². The number of fused-ring (bicyclic) bond motifs is 1. The minimum atomic E-state index is -0.134. The van der Waals surface area contributed by atoms with Crippen molar-refractivity contribution in [2.24, 2.45) is 5.92 Å². The van der Waals surface area contributed by atoms with Gasteiger partial charge in [-0.2, -0.15) is 0 Å². The van der Waals surface area contributed by atoms with Crippen LogP contribution in [0.15, 0.2) is 72.9 Å². The smallest absolute Gasteiger partial charge is 0.251 e. The maximum atomic E-state index is 13.3. The van der Waals surface area contributed by atoms with Crippen LogP contribution in [0.25, 0.3) is 22.0 Å². The lowest BCUT2D eigenvalue weighted by molar-refractivity contribution is 0.0914. The van der Waals surface area contributed by atoms with Crippen LogP contribution in [-0.4, -0.2) is 43.5 Å². The highest BCUT2D eigenvalue weighted by Crippen LogP contribution is 2.38. The lowest BCUT2D eigenvalue weighted by atomic mass is 9.91. The molecule has 3 aromatic carbocycles. The van der Waals surface area contributed by atoms with E-state index in [0.717, 1.165) is 52.4 Å². The molecule has 0 saturated heterocycles. The molecule has 0 radical (unpaired) electrons. The first-order valence-corrected chi connectivity index (χ1v) is 14.1. The predicted octanol–water partition coefficient (Wildman–Crippen LogP) is 6.64. The van der Waals surface area contributed by atoms with Crippen molar-refractivity contribution >= 4 is 22.6 Å². The number of nitrogens with zero attached hydrogens (tertiary/aromatic N) is 1. The molecule has 5 rings (SSSR count). The summed E-state index contributed by atoms with van der Waals surface area (Å²) in [5.74, 6) is 1.22. The summed E-state index contributed by atoms with van der Waals surface area (Å²) in [6, 6.07) is 21.7. The summed E-state index contributed by atoms with van der Waals surface area (Å²) in [6.45, 7) is 3.71. The number of amides is 1. The Morgan fingerprint density at radius 1 is 1.00 bits per heavy atom. The van der Waals surface area contributed by atoms with Crippen LogP contribution in [0.4, 0.5) is 0 Å². The molecule has 1 aromatic heterocycles. The second-order valence-electron chi connectivity index (χ2n) is 10.4. The van der Waals surface area contributed by atoms with Crippen molar-refractivity contribution in [1.29, 1.82) is 0 Å². The number of carbonyl (C=O) groups excluding carboxylic acids is 2.